The molecule has 0 spiro atoms. The molecule has 1 aromatic heterocycles. The van der Waals surface area contributed by atoms with Crippen molar-refractivity contribution in [2.45, 2.75) is 19.9 Å². The predicted molar refractivity (Wildman–Crippen MR) is 81.1 cm³/mol. The fourth-order valence-electron chi connectivity index (χ4n) is 1.70. The molecule has 0 saturated carbocycles. The lowest BCUT2D eigenvalue weighted by Crippen LogP contribution is -2.09. The number of benzene rings is 1. The van der Waals surface area contributed by atoms with E-state index in [9.17, 15) is 4.79 Å². The molecule has 0 aliphatic heterocycles. The van der Waals surface area contributed by atoms with Gasteiger partial charge in [0.2, 0.25) is 11.7 Å². The molecule has 0 atom stereocenters. The fourth-order valence-corrected chi connectivity index (χ4v) is 1.89. The van der Waals surface area contributed by atoms with Crippen molar-refractivity contribution < 1.29 is 9.21 Å². The predicted octanol–water partition coefficient (Wildman–Crippen LogP) is 3.77. The van der Waals surface area contributed by atoms with Gasteiger partial charge in [-0.05, 0) is 30.3 Å². The summed E-state index contributed by atoms with van der Waals surface area (Å²) >= 11 is 6.11. The van der Waals surface area contributed by atoms with Crippen molar-refractivity contribution in [3.8, 4) is 6.07 Å². The molecule has 0 aliphatic carbocycles. The molecular weight excluding hydrogens is 290 g/mol. The Bertz CT molecular complexity index is 688. The second-order valence-corrected chi connectivity index (χ2v) is 4.73. The Kier molecular flexibility index (Phi) is 4.85. The lowest BCUT2D eigenvalue weighted by Gasteiger charge is -2.10. The largest absolute Gasteiger partial charge is 0.449 e. The van der Waals surface area contributed by atoms with Crippen LogP contribution in [0.5, 0.6) is 0 Å². The van der Waals surface area contributed by atoms with Gasteiger partial charge in [0, 0.05) is 12.1 Å². The molecule has 108 valence electrons. The number of rotatable bonds is 5. The Balaban J connectivity index is 2.06. The maximum Gasteiger partial charge on any atom is 0.224 e. The van der Waals surface area contributed by atoms with Crippen LogP contribution in [0.2, 0.25) is 5.02 Å². The SMILES string of the molecule is CCC(=O)Nc1ccc(Cl)c(NCc2ccc(C#N)o2)c1. The first-order valence-corrected chi connectivity index (χ1v) is 6.82. The van der Waals surface area contributed by atoms with E-state index in [1.165, 1.54) is 0 Å². The highest BCUT2D eigenvalue weighted by Crippen LogP contribution is 2.26. The van der Waals surface area contributed by atoms with Crippen molar-refractivity contribution in [2.24, 2.45) is 0 Å². The first-order chi connectivity index (χ1) is 10.1. The minimum atomic E-state index is -0.0621. The van der Waals surface area contributed by atoms with Crippen molar-refractivity contribution >= 4 is 28.9 Å². The summed E-state index contributed by atoms with van der Waals surface area (Å²) in [6.07, 6.45) is 0.411. The van der Waals surface area contributed by atoms with Crippen molar-refractivity contribution in [2.75, 3.05) is 10.6 Å². The summed E-state index contributed by atoms with van der Waals surface area (Å²) in [4.78, 5) is 11.4. The Morgan fingerprint density at radius 2 is 2.19 bits per heavy atom. The van der Waals surface area contributed by atoms with E-state index < -0.39 is 0 Å². The molecule has 0 aliphatic rings. The molecule has 0 saturated heterocycles. The zero-order valence-corrected chi connectivity index (χ0v) is 12.2. The second-order valence-electron chi connectivity index (χ2n) is 4.33. The number of carbonyl (C=O) groups is 1. The van der Waals surface area contributed by atoms with Gasteiger partial charge < -0.3 is 15.1 Å². The zero-order chi connectivity index (χ0) is 15.2. The molecule has 6 heteroatoms. The van der Waals surface area contributed by atoms with Crippen molar-refractivity contribution in [1.82, 2.24) is 0 Å². The van der Waals surface area contributed by atoms with E-state index in [4.69, 9.17) is 21.3 Å². The van der Waals surface area contributed by atoms with E-state index in [1.54, 1.807) is 37.3 Å². The van der Waals surface area contributed by atoms with Gasteiger partial charge in [-0.1, -0.05) is 18.5 Å². The van der Waals surface area contributed by atoms with Crippen LogP contribution in [0.3, 0.4) is 0 Å². The van der Waals surface area contributed by atoms with Crippen LogP contribution in [0.15, 0.2) is 34.7 Å². The maximum atomic E-state index is 11.4. The van der Waals surface area contributed by atoms with Gasteiger partial charge in [0.15, 0.2) is 0 Å². The first kappa shape index (κ1) is 14.9. The molecule has 21 heavy (non-hydrogen) atoms. The molecule has 1 aromatic carbocycles. The highest BCUT2D eigenvalue weighted by atomic mass is 35.5. The zero-order valence-electron chi connectivity index (χ0n) is 11.4. The molecule has 2 rings (SSSR count). The second kappa shape index (κ2) is 6.82. The van der Waals surface area contributed by atoms with E-state index in [0.29, 0.717) is 35.1 Å². The molecule has 0 fully saturated rings. The van der Waals surface area contributed by atoms with Crippen molar-refractivity contribution in [3.05, 3.63) is 46.9 Å². The number of nitriles is 1. The van der Waals surface area contributed by atoms with Crippen LogP contribution >= 0.6 is 11.6 Å². The fraction of sp³-hybridized carbons (Fsp3) is 0.200. The Labute approximate surface area is 127 Å². The summed E-state index contributed by atoms with van der Waals surface area (Å²) in [5.41, 5.74) is 1.35. The highest BCUT2D eigenvalue weighted by molar-refractivity contribution is 6.33. The topological polar surface area (TPSA) is 78.1 Å². The smallest absolute Gasteiger partial charge is 0.224 e. The van der Waals surface area contributed by atoms with Crippen LogP contribution < -0.4 is 10.6 Å². The van der Waals surface area contributed by atoms with Crippen molar-refractivity contribution in [1.29, 1.82) is 5.26 Å². The summed E-state index contributed by atoms with van der Waals surface area (Å²) < 4.78 is 5.27. The average molecular weight is 304 g/mol. The standard InChI is InChI=1S/C15H14ClN3O2/c1-2-15(20)19-10-3-6-13(16)14(7-10)18-9-12-5-4-11(8-17)21-12/h3-7,18H,2,9H2,1H3,(H,19,20). The minimum absolute atomic E-state index is 0.0621. The molecule has 1 heterocycles. The number of amides is 1. The van der Waals surface area contributed by atoms with E-state index in [0.717, 1.165) is 0 Å². The van der Waals surface area contributed by atoms with Gasteiger partial charge in [0.1, 0.15) is 11.8 Å². The normalized spacial score (nSPS) is 9.95. The number of hydrogen-bond acceptors (Lipinski definition) is 4. The van der Waals surface area contributed by atoms with Gasteiger partial charge >= 0.3 is 0 Å². The van der Waals surface area contributed by atoms with Gasteiger partial charge in [-0.15, -0.1) is 0 Å². The molecule has 5 nitrogen and oxygen atoms in total. The number of halogens is 1. The first-order valence-electron chi connectivity index (χ1n) is 6.44. The van der Waals surface area contributed by atoms with Gasteiger partial charge in [0.25, 0.3) is 0 Å². The van der Waals surface area contributed by atoms with Crippen LogP contribution in [0.1, 0.15) is 24.9 Å². The summed E-state index contributed by atoms with van der Waals surface area (Å²) in [5, 5.41) is 15.1. The lowest BCUT2D eigenvalue weighted by atomic mass is 10.2. The molecule has 0 bridgehead atoms. The quantitative estimate of drug-likeness (QED) is 0.881. The summed E-state index contributed by atoms with van der Waals surface area (Å²) in [6, 6.07) is 10.5. The molecular formula is C15H14ClN3O2. The number of hydrogen-bond donors (Lipinski definition) is 2. The monoisotopic (exact) mass is 303 g/mol. The maximum absolute atomic E-state index is 11.4. The van der Waals surface area contributed by atoms with Crippen molar-refractivity contribution in [3.63, 3.8) is 0 Å². The van der Waals surface area contributed by atoms with Gasteiger partial charge in [-0.25, -0.2) is 0 Å². The third-order valence-electron chi connectivity index (χ3n) is 2.80. The van der Waals surface area contributed by atoms with E-state index in [-0.39, 0.29) is 11.7 Å². The summed E-state index contributed by atoms with van der Waals surface area (Å²) in [7, 11) is 0. The van der Waals surface area contributed by atoms with E-state index >= 15 is 0 Å². The Hall–Kier alpha value is -2.45. The molecule has 0 unspecified atom stereocenters. The van der Waals surface area contributed by atoms with Crippen LogP contribution in [0.25, 0.3) is 0 Å². The number of furan rings is 1. The van der Waals surface area contributed by atoms with Crippen LogP contribution in [0.4, 0.5) is 11.4 Å². The average Bonchev–Trinajstić information content (AvgIpc) is 2.95. The molecule has 0 radical (unpaired) electrons. The third kappa shape index (κ3) is 4.01. The number of carbonyl (C=O) groups excluding carboxylic acids is 1. The number of nitrogens with one attached hydrogen (secondary N) is 2. The Morgan fingerprint density at radius 1 is 1.38 bits per heavy atom. The third-order valence-corrected chi connectivity index (χ3v) is 3.13. The van der Waals surface area contributed by atoms with E-state index in [2.05, 4.69) is 10.6 Å². The van der Waals surface area contributed by atoms with Crippen LogP contribution in [0, 0.1) is 11.3 Å². The summed E-state index contributed by atoms with van der Waals surface area (Å²) in [5.74, 6) is 0.834. The highest BCUT2D eigenvalue weighted by Gasteiger charge is 2.06. The van der Waals surface area contributed by atoms with Gasteiger partial charge in [-0.2, -0.15) is 5.26 Å². The molecule has 1 amide bonds. The van der Waals surface area contributed by atoms with Gasteiger partial charge in [0.05, 0.1) is 17.3 Å². The van der Waals surface area contributed by atoms with Crippen LogP contribution in [-0.2, 0) is 11.3 Å². The van der Waals surface area contributed by atoms with Gasteiger partial charge in [-0.3, -0.25) is 4.79 Å². The minimum Gasteiger partial charge on any atom is -0.449 e. The summed E-state index contributed by atoms with van der Waals surface area (Å²) in [6.45, 7) is 2.18. The van der Waals surface area contributed by atoms with Crippen LogP contribution in [-0.4, -0.2) is 5.91 Å². The number of nitrogens with zero attached hydrogens (tertiary/aromatic N) is 1. The Morgan fingerprint density at radius 3 is 2.86 bits per heavy atom. The molecule has 2 aromatic rings. The van der Waals surface area contributed by atoms with E-state index in [1.807, 2.05) is 6.07 Å². The number of anilines is 2. The molecule has 2 N–H and O–H groups in total. The lowest BCUT2D eigenvalue weighted by molar-refractivity contribution is -0.115.